The molecule has 1 aliphatic rings. The largest absolute Gasteiger partial charge is 0.356 e. The van der Waals surface area contributed by atoms with Crippen molar-refractivity contribution in [2.24, 2.45) is 0 Å². The number of fused-ring (bicyclic) bond motifs is 1. The Morgan fingerprint density at radius 3 is 3.06 bits per heavy atom. The fourth-order valence-electron chi connectivity index (χ4n) is 2.32. The van der Waals surface area contributed by atoms with Gasteiger partial charge in [-0.25, -0.2) is 4.68 Å². The van der Waals surface area contributed by atoms with Crippen molar-refractivity contribution in [1.82, 2.24) is 9.78 Å². The van der Waals surface area contributed by atoms with Gasteiger partial charge in [-0.1, -0.05) is 15.9 Å². The minimum absolute atomic E-state index is 0.113. The van der Waals surface area contributed by atoms with E-state index in [4.69, 9.17) is 4.74 Å². The summed E-state index contributed by atoms with van der Waals surface area (Å²) in [5.41, 5.74) is 2.40. The third-order valence-corrected chi connectivity index (χ3v) is 4.16. The lowest BCUT2D eigenvalue weighted by atomic mass is 10.1. The van der Waals surface area contributed by atoms with E-state index in [-0.39, 0.29) is 6.23 Å². The Labute approximate surface area is 109 Å². The van der Waals surface area contributed by atoms with Gasteiger partial charge in [0.1, 0.15) is 0 Å². The van der Waals surface area contributed by atoms with Gasteiger partial charge in [-0.05, 0) is 43.9 Å². The number of hydrogen-bond acceptors (Lipinski definition) is 2. The van der Waals surface area contributed by atoms with Gasteiger partial charge in [0, 0.05) is 16.5 Å². The summed E-state index contributed by atoms with van der Waals surface area (Å²) in [4.78, 5) is 0. The molecule has 1 fully saturated rings. The summed E-state index contributed by atoms with van der Waals surface area (Å²) in [6.45, 7) is 2.95. The highest BCUT2D eigenvalue weighted by atomic mass is 79.9. The van der Waals surface area contributed by atoms with Gasteiger partial charge in [0.15, 0.2) is 6.23 Å². The molecule has 3 rings (SSSR count). The van der Waals surface area contributed by atoms with Gasteiger partial charge in [0.05, 0.1) is 11.7 Å². The molecule has 0 N–H and O–H groups in total. The van der Waals surface area contributed by atoms with Crippen LogP contribution in [0.3, 0.4) is 0 Å². The molecule has 1 aliphatic heterocycles. The van der Waals surface area contributed by atoms with Crippen LogP contribution in [0.25, 0.3) is 10.9 Å². The second-order valence-electron chi connectivity index (χ2n) is 4.57. The first kappa shape index (κ1) is 11.2. The smallest absolute Gasteiger partial charge is 0.150 e. The standard InChI is InChI=1S/C13H15BrN2O/c1-9-6-12-10(7-11(9)14)8-15-16(12)13-4-2-3-5-17-13/h6-8,13H,2-5H2,1H3/t13-/m0/s1. The predicted molar refractivity (Wildman–Crippen MR) is 71.0 cm³/mol. The lowest BCUT2D eigenvalue weighted by Gasteiger charge is -2.23. The van der Waals surface area contributed by atoms with Crippen LogP contribution in [0.5, 0.6) is 0 Å². The summed E-state index contributed by atoms with van der Waals surface area (Å²) < 4.78 is 8.94. The summed E-state index contributed by atoms with van der Waals surface area (Å²) in [6, 6.07) is 4.29. The van der Waals surface area contributed by atoms with Gasteiger partial charge in [0.25, 0.3) is 0 Å². The molecule has 90 valence electrons. The molecule has 0 unspecified atom stereocenters. The number of aryl methyl sites for hydroxylation is 1. The molecule has 0 radical (unpaired) electrons. The zero-order valence-electron chi connectivity index (χ0n) is 9.82. The highest BCUT2D eigenvalue weighted by molar-refractivity contribution is 9.10. The van der Waals surface area contributed by atoms with Crippen molar-refractivity contribution in [3.05, 3.63) is 28.4 Å². The van der Waals surface area contributed by atoms with E-state index in [9.17, 15) is 0 Å². The molecule has 1 atom stereocenters. The minimum atomic E-state index is 0.113. The maximum Gasteiger partial charge on any atom is 0.150 e. The maximum absolute atomic E-state index is 5.79. The van der Waals surface area contributed by atoms with E-state index in [1.54, 1.807) is 0 Å². The zero-order valence-corrected chi connectivity index (χ0v) is 11.4. The Balaban J connectivity index is 2.07. The third kappa shape index (κ3) is 2.00. The van der Waals surface area contributed by atoms with Crippen LogP contribution >= 0.6 is 15.9 Å². The average molecular weight is 295 g/mol. The van der Waals surface area contributed by atoms with Crippen molar-refractivity contribution < 1.29 is 4.74 Å². The quantitative estimate of drug-likeness (QED) is 0.800. The van der Waals surface area contributed by atoms with Gasteiger partial charge >= 0.3 is 0 Å². The number of aromatic nitrogens is 2. The lowest BCUT2D eigenvalue weighted by Crippen LogP contribution is -2.18. The molecule has 0 amide bonds. The van der Waals surface area contributed by atoms with Crippen molar-refractivity contribution in [2.45, 2.75) is 32.4 Å². The normalized spacial score (nSPS) is 20.9. The summed E-state index contributed by atoms with van der Waals surface area (Å²) in [7, 11) is 0. The van der Waals surface area contributed by atoms with E-state index in [0.29, 0.717) is 0 Å². The lowest BCUT2D eigenvalue weighted by molar-refractivity contribution is -0.0366. The van der Waals surface area contributed by atoms with Crippen LogP contribution in [0, 0.1) is 6.92 Å². The van der Waals surface area contributed by atoms with Crippen LogP contribution in [0.1, 0.15) is 31.1 Å². The van der Waals surface area contributed by atoms with Crippen LogP contribution in [-0.4, -0.2) is 16.4 Å². The Hall–Kier alpha value is -0.870. The second-order valence-corrected chi connectivity index (χ2v) is 5.42. The summed E-state index contributed by atoms with van der Waals surface area (Å²) >= 11 is 3.55. The van der Waals surface area contributed by atoms with Crippen molar-refractivity contribution in [3.63, 3.8) is 0 Å². The Kier molecular flexibility index (Phi) is 2.92. The molecule has 2 aromatic rings. The molecule has 0 saturated carbocycles. The van der Waals surface area contributed by atoms with Crippen LogP contribution in [0.2, 0.25) is 0 Å². The minimum Gasteiger partial charge on any atom is -0.356 e. The summed E-state index contributed by atoms with van der Waals surface area (Å²) in [6.07, 6.45) is 5.48. The van der Waals surface area contributed by atoms with Gasteiger partial charge in [-0.2, -0.15) is 5.10 Å². The van der Waals surface area contributed by atoms with Gasteiger partial charge in [0.2, 0.25) is 0 Å². The second kappa shape index (κ2) is 4.42. The van der Waals surface area contributed by atoms with Crippen molar-refractivity contribution in [3.8, 4) is 0 Å². The van der Waals surface area contributed by atoms with Crippen LogP contribution in [0.4, 0.5) is 0 Å². The number of benzene rings is 1. The molecule has 1 aromatic carbocycles. The SMILES string of the molecule is Cc1cc2c(cnn2[C@@H]2CCCCO2)cc1Br. The van der Waals surface area contributed by atoms with E-state index in [0.717, 1.165) is 28.4 Å². The Bertz CT molecular complexity index is 544. The molecule has 3 nitrogen and oxygen atoms in total. The topological polar surface area (TPSA) is 27.1 Å². The van der Waals surface area contributed by atoms with Crippen LogP contribution < -0.4 is 0 Å². The molecule has 4 heteroatoms. The van der Waals surface area contributed by atoms with Gasteiger partial charge in [-0.3, -0.25) is 0 Å². The fraction of sp³-hybridized carbons (Fsp3) is 0.462. The van der Waals surface area contributed by atoms with E-state index >= 15 is 0 Å². The summed E-state index contributed by atoms with van der Waals surface area (Å²) in [5, 5.41) is 5.64. The number of ether oxygens (including phenoxy) is 1. The first-order valence-electron chi connectivity index (χ1n) is 6.00. The number of rotatable bonds is 1. The molecular formula is C13H15BrN2O. The molecule has 17 heavy (non-hydrogen) atoms. The number of nitrogens with zero attached hydrogens (tertiary/aromatic N) is 2. The molecule has 2 heterocycles. The van der Waals surface area contributed by atoms with E-state index < -0.39 is 0 Å². The third-order valence-electron chi connectivity index (χ3n) is 3.30. The van der Waals surface area contributed by atoms with Crippen molar-refractivity contribution in [2.75, 3.05) is 6.61 Å². The molecular weight excluding hydrogens is 280 g/mol. The van der Waals surface area contributed by atoms with Crippen LogP contribution in [-0.2, 0) is 4.74 Å². The molecule has 1 saturated heterocycles. The Morgan fingerprint density at radius 2 is 2.29 bits per heavy atom. The first-order valence-corrected chi connectivity index (χ1v) is 6.80. The first-order chi connectivity index (χ1) is 8.25. The fourth-order valence-corrected chi connectivity index (χ4v) is 2.68. The highest BCUT2D eigenvalue weighted by Crippen LogP contribution is 2.29. The van der Waals surface area contributed by atoms with E-state index in [2.05, 4.69) is 40.1 Å². The molecule has 0 aliphatic carbocycles. The number of halogens is 1. The predicted octanol–water partition coefficient (Wildman–Crippen LogP) is 3.81. The zero-order chi connectivity index (χ0) is 11.8. The highest BCUT2D eigenvalue weighted by Gasteiger charge is 2.18. The molecule has 0 spiro atoms. The van der Waals surface area contributed by atoms with Crippen LogP contribution in [0.15, 0.2) is 22.8 Å². The number of hydrogen-bond donors (Lipinski definition) is 0. The van der Waals surface area contributed by atoms with E-state index in [1.165, 1.54) is 18.4 Å². The maximum atomic E-state index is 5.79. The molecule has 0 bridgehead atoms. The summed E-state index contributed by atoms with van der Waals surface area (Å²) in [5.74, 6) is 0. The Morgan fingerprint density at radius 1 is 1.41 bits per heavy atom. The van der Waals surface area contributed by atoms with Crippen molar-refractivity contribution in [1.29, 1.82) is 0 Å². The van der Waals surface area contributed by atoms with Gasteiger partial charge in [-0.15, -0.1) is 0 Å². The monoisotopic (exact) mass is 294 g/mol. The van der Waals surface area contributed by atoms with E-state index in [1.807, 2.05) is 10.9 Å². The average Bonchev–Trinajstić information content (AvgIpc) is 2.74. The van der Waals surface area contributed by atoms with Gasteiger partial charge < -0.3 is 4.74 Å². The van der Waals surface area contributed by atoms with Crippen molar-refractivity contribution >= 4 is 26.8 Å². The molecule has 1 aromatic heterocycles.